The number of hydrogen-bond acceptors (Lipinski definition) is 18. The summed E-state index contributed by atoms with van der Waals surface area (Å²) in [5.74, 6) is -9.32. The van der Waals surface area contributed by atoms with Crippen molar-refractivity contribution in [1.29, 1.82) is 0 Å². The lowest BCUT2D eigenvalue weighted by atomic mass is 10.1. The molecule has 0 unspecified atom stereocenters. The quantitative estimate of drug-likeness (QED) is 0.0199. The third-order valence-electron chi connectivity index (χ3n) is 15.5. The molecule has 0 aliphatic heterocycles. The maximum absolute atomic E-state index is 12.1. The van der Waals surface area contributed by atoms with Gasteiger partial charge in [0, 0.05) is 72.3 Å². The first-order chi connectivity index (χ1) is 53.4. The van der Waals surface area contributed by atoms with Crippen molar-refractivity contribution in [3.8, 4) is 17.2 Å². The number of anilines is 5. The summed E-state index contributed by atoms with van der Waals surface area (Å²) in [4.78, 5) is 113. The Morgan fingerprint density at radius 3 is 0.857 bits per heavy atom. The van der Waals surface area contributed by atoms with Crippen molar-refractivity contribution in [2.45, 2.75) is 67.8 Å². The highest BCUT2D eigenvalue weighted by atomic mass is 32.2. The summed E-state index contributed by atoms with van der Waals surface area (Å²) < 4.78 is 53.6. The standard InChI is InChI=1S/C17H17NO4.C17H17NO3.C16H15NO6S.C16H15NO5S.C16H15NO5/c19-15-11-13(9-10-14(15)17(21)22)18-16(20)8-4-7-12-5-2-1-3-6-12;19-16(8-4-7-13-5-2-1-3-6-13)18-15-11-9-14(10-12-15)17(20)21;18-14-10-11(6-7-13(14)16(20)21)17-15(19)8-9-24(22,23)12-4-2-1-3-5-12;18-15(17-13-8-6-12(7-9-13)16(19)20)10-11-23(21,22)14-4-2-1-3-5-14;18-14-8-12(6-7-13(14)16(20)21)17-15(19)10-22-9-11-4-2-1-3-5-11/h1-3,5-6,9-11,19H,4,7-8H2,(H,18,20)(H,21,22);1-3,5-6,9-12H,4,7-8H2,(H,18,19)(H,20,21);1-7,10,18H,8-9H2,(H,17,19)(H,20,21);1-9H,10-11H2,(H,17,18)(H,19,20);1-8,18H,9-10H2,(H,17,19)(H,20,21). The van der Waals surface area contributed by atoms with E-state index in [1.165, 1.54) is 114 Å². The lowest BCUT2D eigenvalue weighted by Gasteiger charge is -2.08. The molecule has 0 atom stereocenters. The van der Waals surface area contributed by atoms with Gasteiger partial charge < -0.3 is 72.2 Å². The van der Waals surface area contributed by atoms with Gasteiger partial charge in [-0.15, -0.1) is 0 Å². The summed E-state index contributed by atoms with van der Waals surface area (Å²) in [6, 6.07) is 68.1. The highest BCUT2D eigenvalue weighted by molar-refractivity contribution is 7.91. The fraction of sp³-hybridized carbons (Fsp3) is 0.146. The van der Waals surface area contributed by atoms with E-state index in [2.05, 4.69) is 26.6 Å². The summed E-state index contributed by atoms with van der Waals surface area (Å²) >= 11 is 0. The van der Waals surface area contributed by atoms with Gasteiger partial charge in [-0.25, -0.2) is 40.8 Å². The zero-order chi connectivity index (χ0) is 81.6. The smallest absolute Gasteiger partial charge is 0.339 e. The third-order valence-corrected chi connectivity index (χ3v) is 19.0. The minimum Gasteiger partial charge on any atom is -0.507 e. The number of phenols is 3. The zero-order valence-corrected chi connectivity index (χ0v) is 61.4. The van der Waals surface area contributed by atoms with E-state index in [0.29, 0.717) is 42.2 Å². The number of carboxylic acid groups (broad SMARTS) is 5. The highest BCUT2D eigenvalue weighted by Gasteiger charge is 2.20. The van der Waals surface area contributed by atoms with Crippen molar-refractivity contribution in [3.63, 3.8) is 0 Å². The Labute approximate surface area is 643 Å². The molecule has 0 saturated heterocycles. The van der Waals surface area contributed by atoms with Crippen LogP contribution in [0.5, 0.6) is 17.2 Å². The Hall–Kier alpha value is -13.8. The van der Waals surface area contributed by atoms with E-state index in [1.54, 1.807) is 48.5 Å². The first-order valence-electron chi connectivity index (χ1n) is 34.0. The van der Waals surface area contributed by atoms with Crippen LogP contribution in [0.15, 0.2) is 265 Å². The second-order valence-electron chi connectivity index (χ2n) is 24.0. The summed E-state index contributed by atoms with van der Waals surface area (Å²) in [5.41, 5.74) is 4.85. The van der Waals surface area contributed by atoms with Gasteiger partial charge in [0.2, 0.25) is 29.5 Å². The van der Waals surface area contributed by atoms with Gasteiger partial charge in [0.1, 0.15) is 40.5 Å². The van der Waals surface area contributed by atoms with E-state index < -0.39 is 78.7 Å². The van der Waals surface area contributed by atoms with Crippen molar-refractivity contribution >= 4 is 107 Å². The number of aromatic carboxylic acids is 5. The number of aryl methyl sites for hydroxylation is 2. The average molecular weight is 1570 g/mol. The molecular weight excluding hydrogens is 1490 g/mol. The summed E-state index contributed by atoms with van der Waals surface area (Å²) in [5, 5.41) is 85.5. The highest BCUT2D eigenvalue weighted by Crippen LogP contribution is 2.26. The van der Waals surface area contributed by atoms with Crippen molar-refractivity contribution < 1.29 is 110 Å². The second kappa shape index (κ2) is 44.5. The number of carbonyl (C=O) groups excluding carboxylic acids is 5. The molecule has 0 spiro atoms. The Morgan fingerprint density at radius 1 is 0.295 bits per heavy atom. The van der Waals surface area contributed by atoms with Crippen molar-refractivity contribution in [3.05, 3.63) is 299 Å². The Bertz CT molecular complexity index is 4970. The Kier molecular flexibility index (Phi) is 34.6. The van der Waals surface area contributed by atoms with E-state index in [0.717, 1.165) is 43.4 Å². The van der Waals surface area contributed by atoms with Crippen molar-refractivity contribution in [2.75, 3.05) is 44.7 Å². The zero-order valence-electron chi connectivity index (χ0n) is 59.8. The molecule has 0 aliphatic rings. The molecule has 0 radical (unpaired) electrons. The molecule has 5 amide bonds. The molecule has 30 heteroatoms. The molecule has 28 nitrogen and oxygen atoms in total. The lowest BCUT2D eigenvalue weighted by Crippen LogP contribution is -2.18. The first kappa shape index (κ1) is 87.1. The van der Waals surface area contributed by atoms with Crippen molar-refractivity contribution in [2.24, 2.45) is 0 Å². The molecule has 0 bridgehead atoms. The van der Waals surface area contributed by atoms with Crippen LogP contribution in [-0.4, -0.2) is 135 Å². The number of rotatable bonds is 30. The van der Waals surface area contributed by atoms with Crippen molar-refractivity contribution in [1.82, 2.24) is 0 Å². The number of nitrogens with one attached hydrogen (secondary N) is 5. The topological polar surface area (TPSA) is 470 Å². The number of amides is 5. The molecule has 10 rings (SSSR count). The van der Waals surface area contributed by atoms with E-state index in [4.69, 9.17) is 30.3 Å². The van der Waals surface area contributed by atoms with E-state index in [9.17, 15) is 80.1 Å². The van der Waals surface area contributed by atoms with Crippen LogP contribution < -0.4 is 26.6 Å². The maximum Gasteiger partial charge on any atom is 0.339 e. The number of ether oxygens (including phenoxy) is 1. The average Bonchev–Trinajstić information content (AvgIpc) is 0.859. The molecule has 0 aliphatic carbocycles. The number of benzene rings is 10. The van der Waals surface area contributed by atoms with Gasteiger partial charge in [0.05, 0.1) is 39.0 Å². The first-order valence-corrected chi connectivity index (χ1v) is 37.4. The van der Waals surface area contributed by atoms with Gasteiger partial charge in [0.15, 0.2) is 19.7 Å². The fourth-order valence-corrected chi connectivity index (χ4v) is 12.4. The van der Waals surface area contributed by atoms with Crippen LogP contribution >= 0.6 is 0 Å². The van der Waals surface area contributed by atoms with Crippen LogP contribution in [0.3, 0.4) is 0 Å². The largest absolute Gasteiger partial charge is 0.507 e. The molecule has 13 N–H and O–H groups in total. The second-order valence-corrected chi connectivity index (χ2v) is 28.3. The predicted octanol–water partition coefficient (Wildman–Crippen LogP) is 12.7. The lowest BCUT2D eigenvalue weighted by molar-refractivity contribution is -0.121. The normalized spacial score (nSPS) is 10.5. The Morgan fingerprint density at radius 2 is 0.562 bits per heavy atom. The molecule has 112 heavy (non-hydrogen) atoms. The minimum absolute atomic E-state index is 0.0611. The SMILES string of the molecule is O=C(CCCc1ccccc1)Nc1ccc(C(=O)O)c(O)c1.O=C(CCCc1ccccc1)Nc1ccc(C(=O)O)cc1.O=C(CCS(=O)(=O)c1ccccc1)Nc1ccc(C(=O)O)c(O)c1.O=C(CCS(=O)(=O)c1ccccc1)Nc1ccc(C(=O)O)cc1.O=C(COCc1ccccc1)Nc1ccc(C(=O)O)c(O)c1. The molecule has 0 fully saturated rings. The molecule has 10 aromatic rings. The van der Waals surface area contributed by atoms with Crippen LogP contribution in [-0.2, 0) is 67.8 Å². The molecule has 582 valence electrons. The number of sulfone groups is 2. The summed E-state index contributed by atoms with van der Waals surface area (Å²) in [6.45, 7) is 0.174. The van der Waals surface area contributed by atoms with Gasteiger partial charge in [-0.05, 0) is 152 Å². The minimum atomic E-state index is -3.56. The van der Waals surface area contributed by atoms with Gasteiger partial charge in [-0.1, -0.05) is 127 Å². The van der Waals surface area contributed by atoms with Crippen LogP contribution in [0, 0.1) is 0 Å². The van der Waals surface area contributed by atoms with Gasteiger partial charge in [0.25, 0.3) is 0 Å². The number of hydrogen-bond donors (Lipinski definition) is 13. The van der Waals surface area contributed by atoms with Gasteiger partial charge in [-0.3, -0.25) is 24.0 Å². The van der Waals surface area contributed by atoms with E-state index in [-0.39, 0.29) is 91.8 Å². The van der Waals surface area contributed by atoms with Crippen LogP contribution in [0.25, 0.3) is 0 Å². The predicted molar refractivity (Wildman–Crippen MR) is 416 cm³/mol. The third kappa shape index (κ3) is 31.2. The molecule has 0 heterocycles. The van der Waals surface area contributed by atoms with Crippen LogP contribution in [0.1, 0.15) is 107 Å². The number of aromatic hydroxyl groups is 3. The molecular formula is C82H79N5O23S2. The summed E-state index contributed by atoms with van der Waals surface area (Å²) in [7, 11) is -7.07. The molecule has 0 aromatic heterocycles. The van der Waals surface area contributed by atoms with E-state index >= 15 is 0 Å². The number of carboxylic acids is 5. The number of carbonyl (C=O) groups is 10. The monoisotopic (exact) mass is 1570 g/mol. The summed E-state index contributed by atoms with van der Waals surface area (Å²) in [6.07, 6.45) is 3.53. The van der Waals surface area contributed by atoms with Crippen LogP contribution in [0.2, 0.25) is 0 Å². The van der Waals surface area contributed by atoms with Gasteiger partial charge >= 0.3 is 29.8 Å². The van der Waals surface area contributed by atoms with Gasteiger partial charge in [-0.2, -0.15) is 0 Å². The molecule has 10 aromatic carbocycles. The van der Waals surface area contributed by atoms with E-state index in [1.807, 2.05) is 91.0 Å². The van der Waals surface area contributed by atoms with Crippen LogP contribution in [0.4, 0.5) is 28.4 Å². The fourth-order valence-electron chi connectivity index (χ4n) is 9.83. The molecule has 0 saturated carbocycles. The maximum atomic E-state index is 12.1. The Balaban J connectivity index is 0.000000218.